The van der Waals surface area contributed by atoms with E-state index in [-0.39, 0.29) is 5.82 Å². The SMILES string of the molecule is CC1(CNCC(O)c2cccc(F)c2)CCCS1. The van der Waals surface area contributed by atoms with Crippen LogP contribution in [-0.2, 0) is 0 Å². The lowest BCUT2D eigenvalue weighted by atomic mass is 10.1. The van der Waals surface area contributed by atoms with Crippen LogP contribution in [0.25, 0.3) is 0 Å². The van der Waals surface area contributed by atoms with Crippen LogP contribution in [0.2, 0.25) is 0 Å². The molecule has 2 N–H and O–H groups in total. The van der Waals surface area contributed by atoms with Crippen LogP contribution < -0.4 is 5.32 Å². The van der Waals surface area contributed by atoms with Crippen molar-refractivity contribution in [1.29, 1.82) is 0 Å². The minimum atomic E-state index is -0.643. The molecule has 0 amide bonds. The summed E-state index contributed by atoms with van der Waals surface area (Å²) in [5.74, 6) is 0.926. The van der Waals surface area contributed by atoms with Crippen molar-refractivity contribution in [2.75, 3.05) is 18.8 Å². The number of hydrogen-bond donors (Lipinski definition) is 2. The number of aliphatic hydroxyl groups excluding tert-OH is 1. The molecule has 0 radical (unpaired) electrons. The van der Waals surface area contributed by atoms with E-state index in [1.807, 2.05) is 11.8 Å². The molecular formula is C14H20FNOS. The molecule has 2 unspecified atom stereocenters. The lowest BCUT2D eigenvalue weighted by Gasteiger charge is -2.24. The molecule has 0 bridgehead atoms. The molecule has 2 rings (SSSR count). The van der Waals surface area contributed by atoms with E-state index < -0.39 is 6.10 Å². The van der Waals surface area contributed by atoms with Crippen molar-refractivity contribution in [3.05, 3.63) is 35.6 Å². The summed E-state index contributed by atoms with van der Waals surface area (Å²) in [4.78, 5) is 0. The predicted molar refractivity (Wildman–Crippen MR) is 74.3 cm³/mol. The number of rotatable bonds is 5. The molecule has 1 heterocycles. The molecule has 1 fully saturated rings. The van der Waals surface area contributed by atoms with E-state index in [0.717, 1.165) is 6.54 Å². The van der Waals surface area contributed by atoms with Crippen LogP contribution in [0, 0.1) is 5.82 Å². The molecule has 100 valence electrons. The number of thioether (sulfide) groups is 1. The Kier molecular flexibility index (Phi) is 4.65. The van der Waals surface area contributed by atoms with E-state index >= 15 is 0 Å². The summed E-state index contributed by atoms with van der Waals surface area (Å²) in [5.41, 5.74) is 0.631. The van der Waals surface area contributed by atoms with Crippen molar-refractivity contribution in [3.63, 3.8) is 0 Å². The van der Waals surface area contributed by atoms with E-state index in [1.165, 1.54) is 30.7 Å². The number of halogens is 1. The van der Waals surface area contributed by atoms with E-state index in [9.17, 15) is 9.50 Å². The van der Waals surface area contributed by atoms with Gasteiger partial charge in [0.1, 0.15) is 5.82 Å². The molecule has 1 aliphatic heterocycles. The zero-order valence-corrected chi connectivity index (χ0v) is 11.5. The van der Waals surface area contributed by atoms with Crippen molar-refractivity contribution in [3.8, 4) is 0 Å². The largest absolute Gasteiger partial charge is 0.387 e. The smallest absolute Gasteiger partial charge is 0.123 e. The predicted octanol–water partition coefficient (Wildman–Crippen LogP) is 2.73. The maximum atomic E-state index is 13.0. The molecule has 0 spiro atoms. The third-order valence-electron chi connectivity index (χ3n) is 3.37. The van der Waals surface area contributed by atoms with Gasteiger partial charge >= 0.3 is 0 Å². The first-order chi connectivity index (χ1) is 8.59. The van der Waals surface area contributed by atoms with E-state index in [0.29, 0.717) is 16.9 Å². The molecular weight excluding hydrogens is 249 g/mol. The van der Waals surface area contributed by atoms with Gasteiger partial charge in [-0.05, 0) is 43.2 Å². The van der Waals surface area contributed by atoms with Crippen molar-refractivity contribution < 1.29 is 9.50 Å². The molecule has 1 saturated heterocycles. The quantitative estimate of drug-likeness (QED) is 0.862. The first-order valence-corrected chi connectivity index (χ1v) is 7.36. The molecule has 18 heavy (non-hydrogen) atoms. The average molecular weight is 269 g/mol. The molecule has 0 aliphatic carbocycles. The zero-order valence-electron chi connectivity index (χ0n) is 10.7. The fourth-order valence-corrected chi connectivity index (χ4v) is 3.56. The summed E-state index contributed by atoms with van der Waals surface area (Å²) >= 11 is 1.99. The zero-order chi connectivity index (χ0) is 13.0. The highest BCUT2D eigenvalue weighted by atomic mass is 32.2. The van der Waals surface area contributed by atoms with Crippen molar-refractivity contribution >= 4 is 11.8 Å². The van der Waals surface area contributed by atoms with Crippen molar-refractivity contribution in [2.45, 2.75) is 30.6 Å². The fraction of sp³-hybridized carbons (Fsp3) is 0.571. The Morgan fingerprint density at radius 2 is 2.39 bits per heavy atom. The third-order valence-corrected chi connectivity index (χ3v) is 4.91. The minimum absolute atomic E-state index is 0.293. The number of aliphatic hydroxyl groups is 1. The van der Waals surface area contributed by atoms with Crippen LogP contribution in [0.15, 0.2) is 24.3 Å². The normalized spacial score (nSPS) is 25.3. The topological polar surface area (TPSA) is 32.3 Å². The molecule has 0 saturated carbocycles. The summed E-state index contributed by atoms with van der Waals surface area (Å²) in [6.07, 6.45) is 1.85. The van der Waals surface area contributed by atoms with Crippen LogP contribution in [0.4, 0.5) is 4.39 Å². The lowest BCUT2D eigenvalue weighted by molar-refractivity contribution is 0.173. The second-order valence-corrected chi connectivity index (χ2v) is 6.79. The summed E-state index contributed by atoms with van der Waals surface area (Å²) in [6.45, 7) is 3.62. The Bertz CT molecular complexity index is 393. The van der Waals surface area contributed by atoms with Crippen molar-refractivity contribution in [2.24, 2.45) is 0 Å². The average Bonchev–Trinajstić information content (AvgIpc) is 2.76. The van der Waals surface area contributed by atoms with E-state index in [2.05, 4.69) is 12.2 Å². The number of benzene rings is 1. The van der Waals surface area contributed by atoms with Gasteiger partial charge in [0, 0.05) is 17.8 Å². The standard InChI is InChI=1S/C14H20FNOS/c1-14(6-3-7-18-14)10-16-9-13(17)11-4-2-5-12(15)8-11/h2,4-5,8,13,16-17H,3,6-7,9-10H2,1H3. The molecule has 2 nitrogen and oxygen atoms in total. The molecule has 1 aromatic rings. The first-order valence-electron chi connectivity index (χ1n) is 6.37. The molecule has 4 heteroatoms. The van der Waals surface area contributed by atoms with Gasteiger partial charge in [0.05, 0.1) is 6.10 Å². The van der Waals surface area contributed by atoms with Gasteiger partial charge in [0.25, 0.3) is 0 Å². The van der Waals surface area contributed by atoms with Gasteiger partial charge in [0.2, 0.25) is 0 Å². The highest BCUT2D eigenvalue weighted by molar-refractivity contribution is 8.00. The summed E-state index contributed by atoms with van der Waals surface area (Å²) in [7, 11) is 0. The first kappa shape index (κ1) is 13.8. The highest BCUT2D eigenvalue weighted by Crippen LogP contribution is 2.36. The Balaban J connectivity index is 1.79. The lowest BCUT2D eigenvalue weighted by Crippen LogP contribution is -2.35. The number of hydrogen-bond acceptors (Lipinski definition) is 3. The minimum Gasteiger partial charge on any atom is -0.387 e. The van der Waals surface area contributed by atoms with Gasteiger partial charge in [-0.15, -0.1) is 0 Å². The van der Waals surface area contributed by atoms with Crippen LogP contribution in [0.1, 0.15) is 31.4 Å². The Morgan fingerprint density at radius 3 is 3.06 bits per heavy atom. The van der Waals surface area contributed by atoms with Gasteiger partial charge in [-0.3, -0.25) is 0 Å². The summed E-state index contributed by atoms with van der Waals surface area (Å²) < 4.78 is 13.3. The monoisotopic (exact) mass is 269 g/mol. The maximum Gasteiger partial charge on any atom is 0.123 e. The Hall–Kier alpha value is -0.580. The summed E-state index contributed by atoms with van der Waals surface area (Å²) in [6, 6.07) is 6.15. The van der Waals surface area contributed by atoms with Crippen LogP contribution in [-0.4, -0.2) is 28.7 Å². The number of nitrogens with one attached hydrogen (secondary N) is 1. The summed E-state index contributed by atoms with van der Waals surface area (Å²) in [5, 5.41) is 13.3. The van der Waals surface area contributed by atoms with Crippen LogP contribution in [0.3, 0.4) is 0 Å². The van der Waals surface area contributed by atoms with Gasteiger partial charge in [0.15, 0.2) is 0 Å². The highest BCUT2D eigenvalue weighted by Gasteiger charge is 2.28. The van der Waals surface area contributed by atoms with Crippen LogP contribution >= 0.6 is 11.8 Å². The maximum absolute atomic E-state index is 13.0. The Labute approximate surface area is 112 Å². The van der Waals surface area contributed by atoms with Crippen molar-refractivity contribution in [1.82, 2.24) is 5.32 Å². The molecule has 1 aromatic carbocycles. The Morgan fingerprint density at radius 1 is 1.56 bits per heavy atom. The second-order valence-electron chi connectivity index (χ2n) is 5.10. The second kappa shape index (κ2) is 6.04. The molecule has 1 aliphatic rings. The van der Waals surface area contributed by atoms with Crippen LogP contribution in [0.5, 0.6) is 0 Å². The third kappa shape index (κ3) is 3.70. The van der Waals surface area contributed by atoms with E-state index in [1.54, 1.807) is 12.1 Å². The van der Waals surface area contributed by atoms with Gasteiger partial charge in [-0.25, -0.2) is 4.39 Å². The van der Waals surface area contributed by atoms with Gasteiger partial charge in [-0.1, -0.05) is 12.1 Å². The fourth-order valence-electron chi connectivity index (χ4n) is 2.28. The van der Waals surface area contributed by atoms with Gasteiger partial charge in [-0.2, -0.15) is 11.8 Å². The molecule has 0 aromatic heterocycles. The van der Waals surface area contributed by atoms with Gasteiger partial charge < -0.3 is 10.4 Å². The molecule has 2 atom stereocenters. The van der Waals surface area contributed by atoms with E-state index in [4.69, 9.17) is 0 Å².